The van der Waals surface area contributed by atoms with Gasteiger partial charge in [0.1, 0.15) is 5.75 Å². The van der Waals surface area contributed by atoms with Crippen LogP contribution < -0.4 is 10.1 Å². The molecule has 5 nitrogen and oxygen atoms in total. The molecule has 0 spiro atoms. The number of likely N-dealkylation sites (tertiary alicyclic amines) is 1. The number of amides is 2. The highest BCUT2D eigenvalue weighted by Crippen LogP contribution is 2.27. The predicted octanol–water partition coefficient (Wildman–Crippen LogP) is 3.61. The minimum Gasteiger partial charge on any atom is -0.492 e. The van der Waals surface area contributed by atoms with Crippen LogP contribution in [0.5, 0.6) is 5.75 Å². The highest BCUT2D eigenvalue weighted by atomic mass is 79.9. The Morgan fingerprint density at radius 3 is 2.83 bits per heavy atom. The maximum Gasteiger partial charge on any atom is 0.317 e. The highest BCUT2D eigenvalue weighted by Gasteiger charge is 2.23. The molecule has 0 bridgehead atoms. The molecule has 1 fully saturated rings. The van der Waals surface area contributed by atoms with Gasteiger partial charge in [0.25, 0.3) is 0 Å². The van der Waals surface area contributed by atoms with Crippen LogP contribution in [0.2, 0.25) is 5.02 Å². The number of benzene rings is 1. The number of halogens is 2. The molecule has 7 heteroatoms. The Kier molecular flexibility index (Phi) is 7.65. The van der Waals surface area contributed by atoms with Crippen molar-refractivity contribution >= 4 is 33.6 Å². The summed E-state index contributed by atoms with van der Waals surface area (Å²) in [5.74, 6) is 0.662. The maximum absolute atomic E-state index is 12.2. The average Bonchev–Trinajstić information content (AvgIpc) is 2.56. The summed E-state index contributed by atoms with van der Waals surface area (Å²) in [5, 5.41) is 3.53. The Morgan fingerprint density at radius 2 is 2.17 bits per heavy atom. The molecule has 0 atom stereocenters. The fourth-order valence-electron chi connectivity index (χ4n) is 2.71. The van der Waals surface area contributed by atoms with Crippen LogP contribution in [0.25, 0.3) is 0 Å². The molecule has 0 radical (unpaired) electrons. The van der Waals surface area contributed by atoms with E-state index in [1.807, 2.05) is 24.1 Å². The number of hydrogen-bond donors (Lipinski definition) is 1. The van der Waals surface area contributed by atoms with Gasteiger partial charge in [-0.25, -0.2) is 4.79 Å². The van der Waals surface area contributed by atoms with Crippen LogP contribution in [0, 0.1) is 0 Å². The van der Waals surface area contributed by atoms with Gasteiger partial charge in [0.05, 0.1) is 11.6 Å². The van der Waals surface area contributed by atoms with Crippen LogP contribution in [-0.4, -0.2) is 62.2 Å². The van der Waals surface area contributed by atoms with Gasteiger partial charge in [-0.05, 0) is 57.6 Å². The van der Waals surface area contributed by atoms with Crippen LogP contribution in [0.1, 0.15) is 19.3 Å². The summed E-state index contributed by atoms with van der Waals surface area (Å²) >= 11 is 9.46. The third kappa shape index (κ3) is 5.83. The molecule has 1 aromatic rings. The number of ether oxygens (including phenoxy) is 1. The van der Waals surface area contributed by atoms with Crippen molar-refractivity contribution in [3.63, 3.8) is 0 Å². The molecular weight excluding hydrogens is 394 g/mol. The van der Waals surface area contributed by atoms with Crippen molar-refractivity contribution in [2.24, 2.45) is 0 Å². The van der Waals surface area contributed by atoms with Crippen LogP contribution in [0.15, 0.2) is 22.7 Å². The van der Waals surface area contributed by atoms with E-state index in [1.165, 1.54) is 0 Å². The lowest BCUT2D eigenvalue weighted by Gasteiger charge is -2.35. The van der Waals surface area contributed by atoms with Gasteiger partial charge in [-0.15, -0.1) is 0 Å². The summed E-state index contributed by atoms with van der Waals surface area (Å²) in [6.07, 6.45) is 2.80. The van der Waals surface area contributed by atoms with Crippen LogP contribution in [0.3, 0.4) is 0 Å². The Bertz CT molecular complexity index is 551. The molecular formula is C17H25BrClN3O2. The number of nitrogens with zero attached hydrogens (tertiary/aromatic N) is 2. The number of piperidine rings is 1. The first-order valence-corrected chi connectivity index (χ1v) is 9.41. The summed E-state index contributed by atoms with van der Waals surface area (Å²) in [5.41, 5.74) is 0. The molecule has 0 saturated carbocycles. The van der Waals surface area contributed by atoms with Crippen molar-refractivity contribution < 1.29 is 9.53 Å². The number of hydrogen-bond acceptors (Lipinski definition) is 3. The van der Waals surface area contributed by atoms with E-state index in [2.05, 4.69) is 33.2 Å². The molecule has 1 aliphatic rings. The molecule has 0 aromatic heterocycles. The monoisotopic (exact) mass is 417 g/mol. The van der Waals surface area contributed by atoms with E-state index in [9.17, 15) is 4.79 Å². The van der Waals surface area contributed by atoms with Crippen LogP contribution >= 0.6 is 27.5 Å². The Hall–Kier alpha value is -0.980. The quantitative estimate of drug-likeness (QED) is 0.718. The van der Waals surface area contributed by atoms with Crippen molar-refractivity contribution in [2.75, 3.05) is 40.3 Å². The first-order valence-electron chi connectivity index (χ1n) is 8.24. The van der Waals surface area contributed by atoms with E-state index in [4.69, 9.17) is 16.3 Å². The lowest BCUT2D eigenvalue weighted by Crippen LogP contribution is -2.48. The van der Waals surface area contributed by atoms with Gasteiger partial charge in [-0.1, -0.05) is 27.5 Å². The number of rotatable bonds is 6. The fourth-order valence-corrected chi connectivity index (χ4v) is 3.44. The fraction of sp³-hybridized carbons (Fsp3) is 0.588. The first kappa shape index (κ1) is 19.3. The van der Waals surface area contributed by atoms with E-state index in [0.29, 0.717) is 30.0 Å². The van der Waals surface area contributed by atoms with E-state index < -0.39 is 0 Å². The second kappa shape index (κ2) is 9.49. The minimum atomic E-state index is -0.00812. The molecule has 0 aliphatic carbocycles. The largest absolute Gasteiger partial charge is 0.492 e. The van der Waals surface area contributed by atoms with E-state index >= 15 is 0 Å². The molecule has 1 aliphatic heterocycles. The molecule has 1 saturated heterocycles. The van der Waals surface area contributed by atoms with Crippen LogP contribution in [0.4, 0.5) is 4.79 Å². The molecule has 1 heterocycles. The molecule has 0 unspecified atom stereocenters. The minimum absolute atomic E-state index is 0.00812. The lowest BCUT2D eigenvalue weighted by molar-refractivity contribution is 0.147. The van der Waals surface area contributed by atoms with Gasteiger partial charge in [-0.3, -0.25) is 0 Å². The Balaban J connectivity index is 1.63. The summed E-state index contributed by atoms with van der Waals surface area (Å²) in [7, 11) is 4.00. The average molecular weight is 419 g/mol. The number of carbonyl (C=O) groups is 1. The lowest BCUT2D eigenvalue weighted by atomic mass is 10.0. The van der Waals surface area contributed by atoms with E-state index in [1.54, 1.807) is 6.07 Å². The van der Waals surface area contributed by atoms with Gasteiger partial charge in [-0.2, -0.15) is 0 Å². The zero-order chi connectivity index (χ0) is 17.5. The van der Waals surface area contributed by atoms with Gasteiger partial charge in [0.2, 0.25) is 0 Å². The van der Waals surface area contributed by atoms with Crippen LogP contribution in [-0.2, 0) is 0 Å². The third-order valence-electron chi connectivity index (χ3n) is 4.30. The Morgan fingerprint density at radius 1 is 1.46 bits per heavy atom. The van der Waals surface area contributed by atoms with Crippen molar-refractivity contribution in [3.8, 4) is 5.75 Å². The molecule has 1 aromatic carbocycles. The topological polar surface area (TPSA) is 44.8 Å². The van der Waals surface area contributed by atoms with Crippen molar-refractivity contribution in [1.29, 1.82) is 0 Å². The number of carbonyl (C=O) groups excluding carboxylic acids is 1. The van der Waals surface area contributed by atoms with Gasteiger partial charge in [0.15, 0.2) is 0 Å². The number of nitrogens with one attached hydrogen (secondary N) is 1. The molecule has 2 rings (SSSR count). The molecule has 2 amide bonds. The zero-order valence-corrected chi connectivity index (χ0v) is 16.6. The number of urea groups is 1. The van der Waals surface area contributed by atoms with Gasteiger partial charge in [0, 0.05) is 24.1 Å². The predicted molar refractivity (Wildman–Crippen MR) is 101 cm³/mol. The molecule has 134 valence electrons. The third-order valence-corrected chi connectivity index (χ3v) is 5.09. The van der Waals surface area contributed by atoms with E-state index in [-0.39, 0.29) is 6.03 Å². The normalized spacial score (nSPS) is 16.0. The molecule has 24 heavy (non-hydrogen) atoms. The summed E-state index contributed by atoms with van der Waals surface area (Å²) < 4.78 is 6.56. The Labute approximate surface area is 157 Å². The smallest absolute Gasteiger partial charge is 0.317 e. The summed E-state index contributed by atoms with van der Waals surface area (Å²) in [6.45, 7) is 3.19. The maximum atomic E-state index is 12.2. The zero-order valence-electron chi connectivity index (χ0n) is 14.2. The van der Waals surface area contributed by atoms with Gasteiger partial charge < -0.3 is 19.9 Å². The van der Waals surface area contributed by atoms with Crippen molar-refractivity contribution in [3.05, 3.63) is 27.7 Å². The molecule has 1 N–H and O–H groups in total. The SMILES string of the molecule is CN1CCC(N(C)C(=O)NCCCOc2ccc(Br)cc2Cl)CC1. The van der Waals surface area contributed by atoms with Crippen molar-refractivity contribution in [1.82, 2.24) is 15.1 Å². The second-order valence-electron chi connectivity index (χ2n) is 6.15. The standard InChI is InChI=1S/C17H25BrClN3O2/c1-21-9-6-14(7-10-21)22(2)17(23)20-8-3-11-24-16-5-4-13(18)12-15(16)19/h4-5,12,14H,3,6-11H2,1-2H3,(H,20,23). The summed E-state index contributed by atoms with van der Waals surface area (Å²) in [4.78, 5) is 16.3. The first-order chi connectivity index (χ1) is 11.5. The van der Waals surface area contributed by atoms with E-state index in [0.717, 1.165) is 36.8 Å². The van der Waals surface area contributed by atoms with Gasteiger partial charge >= 0.3 is 6.03 Å². The van der Waals surface area contributed by atoms with Crippen molar-refractivity contribution in [2.45, 2.75) is 25.3 Å². The highest BCUT2D eigenvalue weighted by molar-refractivity contribution is 9.10. The second-order valence-corrected chi connectivity index (χ2v) is 7.48. The summed E-state index contributed by atoms with van der Waals surface area (Å²) in [6, 6.07) is 5.85.